The second kappa shape index (κ2) is 5.97. The maximum absolute atomic E-state index is 4.56. The maximum atomic E-state index is 4.56. The minimum Gasteiger partial charge on any atom is -0.369 e. The number of aromatic nitrogens is 2. The van der Waals surface area contributed by atoms with Gasteiger partial charge in [0.2, 0.25) is 0 Å². The van der Waals surface area contributed by atoms with E-state index in [4.69, 9.17) is 0 Å². The molecule has 1 aromatic carbocycles. The van der Waals surface area contributed by atoms with Crippen molar-refractivity contribution >= 4 is 44.3 Å². The molecule has 18 heavy (non-hydrogen) atoms. The molecule has 0 bridgehead atoms. The minimum atomic E-state index is 0.752. The fourth-order valence-corrected chi connectivity index (χ4v) is 2.28. The summed E-state index contributed by atoms with van der Waals surface area (Å²) in [5, 5.41) is 3.24. The minimum absolute atomic E-state index is 0.752. The number of hydrogen-bond donors (Lipinski definition) is 1. The van der Waals surface area contributed by atoms with Crippen molar-refractivity contribution in [1.29, 1.82) is 0 Å². The quantitative estimate of drug-likeness (QED) is 0.758. The lowest BCUT2D eigenvalue weighted by Gasteiger charge is -2.08. The summed E-state index contributed by atoms with van der Waals surface area (Å²) >= 11 is 5.74. The van der Waals surface area contributed by atoms with Crippen LogP contribution in [0.25, 0.3) is 11.4 Å². The largest absolute Gasteiger partial charge is 0.369 e. The van der Waals surface area contributed by atoms with Crippen molar-refractivity contribution in [1.82, 2.24) is 9.97 Å². The van der Waals surface area contributed by atoms with Gasteiger partial charge >= 0.3 is 0 Å². The maximum Gasteiger partial charge on any atom is 0.161 e. The predicted octanol–water partition coefficient (Wildman–Crippen LogP) is 4.25. The van der Waals surface area contributed by atoms with Crippen LogP contribution >= 0.6 is 38.5 Å². The van der Waals surface area contributed by atoms with Gasteiger partial charge in [0.05, 0.1) is 3.57 Å². The second-order valence-electron chi connectivity index (χ2n) is 3.88. The summed E-state index contributed by atoms with van der Waals surface area (Å²) in [6.45, 7) is 4.97. The van der Waals surface area contributed by atoms with Crippen molar-refractivity contribution in [2.24, 2.45) is 0 Å². The number of benzene rings is 1. The number of hydrogen-bond acceptors (Lipinski definition) is 3. The first kappa shape index (κ1) is 13.7. The highest BCUT2D eigenvalue weighted by molar-refractivity contribution is 14.1. The van der Waals surface area contributed by atoms with Gasteiger partial charge in [0.1, 0.15) is 5.82 Å². The second-order valence-corrected chi connectivity index (χ2v) is 5.90. The third kappa shape index (κ3) is 3.00. The van der Waals surface area contributed by atoms with Crippen molar-refractivity contribution in [3.8, 4) is 11.4 Å². The number of anilines is 1. The Bertz CT molecular complexity index is 572. The molecule has 1 heterocycles. The highest BCUT2D eigenvalue weighted by Crippen LogP contribution is 2.24. The first-order valence-corrected chi connectivity index (χ1v) is 7.52. The number of nitrogens with one attached hydrogen (secondary N) is 1. The van der Waals surface area contributed by atoms with E-state index < -0.39 is 0 Å². The molecule has 0 saturated carbocycles. The molecular weight excluding hydrogens is 405 g/mol. The monoisotopic (exact) mass is 417 g/mol. The third-order valence-electron chi connectivity index (χ3n) is 2.50. The van der Waals surface area contributed by atoms with E-state index in [0.717, 1.165) is 31.8 Å². The predicted molar refractivity (Wildman–Crippen MR) is 86.8 cm³/mol. The molecule has 0 saturated heterocycles. The van der Waals surface area contributed by atoms with Crippen molar-refractivity contribution in [3.63, 3.8) is 0 Å². The molecule has 94 valence electrons. The van der Waals surface area contributed by atoms with Gasteiger partial charge in [-0.05, 0) is 54.1 Å². The van der Waals surface area contributed by atoms with Crippen LogP contribution in [0.4, 0.5) is 5.82 Å². The first-order chi connectivity index (χ1) is 8.61. The molecule has 0 amide bonds. The fraction of sp³-hybridized carbons (Fsp3) is 0.231. The zero-order chi connectivity index (χ0) is 13.1. The molecule has 0 aliphatic carbocycles. The lowest BCUT2D eigenvalue weighted by molar-refractivity contribution is 1.10. The number of nitrogens with zero attached hydrogens (tertiary/aromatic N) is 2. The summed E-state index contributed by atoms with van der Waals surface area (Å²) in [5.74, 6) is 1.64. The first-order valence-electron chi connectivity index (χ1n) is 5.64. The molecule has 5 heteroatoms. The molecule has 3 nitrogen and oxygen atoms in total. The van der Waals surface area contributed by atoms with E-state index in [1.54, 1.807) is 0 Å². The van der Waals surface area contributed by atoms with E-state index in [2.05, 4.69) is 73.7 Å². The summed E-state index contributed by atoms with van der Waals surface area (Å²) in [5.41, 5.74) is 2.21. The Hall–Kier alpha value is -0.690. The Balaban J connectivity index is 2.44. The van der Waals surface area contributed by atoms with Gasteiger partial charge in [0, 0.05) is 22.8 Å². The molecule has 0 unspecified atom stereocenters. The molecule has 0 aliphatic heterocycles. The van der Waals surface area contributed by atoms with Crippen LogP contribution in [-0.4, -0.2) is 16.5 Å². The molecule has 2 rings (SSSR count). The normalized spacial score (nSPS) is 10.4. The van der Waals surface area contributed by atoms with Gasteiger partial charge < -0.3 is 5.32 Å². The average molecular weight is 418 g/mol. The smallest absolute Gasteiger partial charge is 0.161 e. The molecule has 0 fully saturated rings. The van der Waals surface area contributed by atoms with Crippen LogP contribution in [0.2, 0.25) is 0 Å². The van der Waals surface area contributed by atoms with E-state index in [1.165, 1.54) is 5.56 Å². The number of halogens is 2. The summed E-state index contributed by atoms with van der Waals surface area (Å²) in [7, 11) is 0. The summed E-state index contributed by atoms with van der Waals surface area (Å²) in [4.78, 5) is 8.95. The molecule has 2 aromatic rings. The molecule has 0 radical (unpaired) electrons. The molecule has 1 aromatic heterocycles. The van der Waals surface area contributed by atoms with E-state index in [0.29, 0.717) is 0 Å². The fourth-order valence-electron chi connectivity index (χ4n) is 1.58. The Morgan fingerprint density at radius 3 is 2.83 bits per heavy atom. The van der Waals surface area contributed by atoms with E-state index in [1.807, 2.05) is 18.3 Å². The zero-order valence-corrected chi connectivity index (χ0v) is 13.9. The Morgan fingerprint density at radius 2 is 2.17 bits per heavy atom. The SMILES string of the molecule is CCNc1nc(-c2ccc(Br)c(C)c2)ncc1I. The van der Waals surface area contributed by atoms with E-state index >= 15 is 0 Å². The topological polar surface area (TPSA) is 37.8 Å². The summed E-state index contributed by atoms with van der Waals surface area (Å²) in [6.07, 6.45) is 1.85. The van der Waals surface area contributed by atoms with Gasteiger partial charge in [-0.3, -0.25) is 0 Å². The highest BCUT2D eigenvalue weighted by atomic mass is 127. The van der Waals surface area contributed by atoms with Gasteiger partial charge in [-0.1, -0.05) is 22.0 Å². The molecule has 0 spiro atoms. The van der Waals surface area contributed by atoms with Gasteiger partial charge in [-0.2, -0.15) is 0 Å². The molecule has 0 aliphatic rings. The Kier molecular flexibility index (Phi) is 4.55. The van der Waals surface area contributed by atoms with Crippen LogP contribution in [0.1, 0.15) is 12.5 Å². The van der Waals surface area contributed by atoms with Crippen molar-refractivity contribution in [2.75, 3.05) is 11.9 Å². The standard InChI is InChI=1S/C13H13BrIN3/c1-3-16-13-11(15)7-17-12(18-13)9-4-5-10(14)8(2)6-9/h4-7H,3H2,1-2H3,(H,16,17,18). The number of aryl methyl sites for hydroxylation is 1. The van der Waals surface area contributed by atoms with Gasteiger partial charge in [-0.15, -0.1) is 0 Å². The molecule has 1 N–H and O–H groups in total. The van der Waals surface area contributed by atoms with E-state index in [-0.39, 0.29) is 0 Å². The van der Waals surface area contributed by atoms with Crippen LogP contribution in [0, 0.1) is 10.5 Å². The lowest BCUT2D eigenvalue weighted by atomic mass is 10.1. The van der Waals surface area contributed by atoms with Crippen LogP contribution in [0.5, 0.6) is 0 Å². The van der Waals surface area contributed by atoms with Crippen molar-refractivity contribution < 1.29 is 0 Å². The van der Waals surface area contributed by atoms with Crippen LogP contribution in [0.3, 0.4) is 0 Å². The van der Waals surface area contributed by atoms with Gasteiger partial charge in [0.25, 0.3) is 0 Å². The van der Waals surface area contributed by atoms with Crippen LogP contribution < -0.4 is 5.32 Å². The van der Waals surface area contributed by atoms with Crippen molar-refractivity contribution in [2.45, 2.75) is 13.8 Å². The number of rotatable bonds is 3. The Labute approximate surface area is 129 Å². The van der Waals surface area contributed by atoms with Gasteiger partial charge in [-0.25, -0.2) is 9.97 Å². The van der Waals surface area contributed by atoms with Crippen molar-refractivity contribution in [3.05, 3.63) is 38.0 Å². The lowest BCUT2D eigenvalue weighted by Crippen LogP contribution is -2.03. The Morgan fingerprint density at radius 1 is 1.39 bits per heavy atom. The average Bonchev–Trinajstić information content (AvgIpc) is 2.36. The zero-order valence-electron chi connectivity index (χ0n) is 10.2. The van der Waals surface area contributed by atoms with Crippen LogP contribution in [0.15, 0.2) is 28.9 Å². The third-order valence-corrected chi connectivity index (χ3v) is 4.18. The van der Waals surface area contributed by atoms with E-state index in [9.17, 15) is 0 Å². The molecular formula is C13H13BrIN3. The summed E-state index contributed by atoms with van der Waals surface area (Å²) in [6, 6.07) is 6.13. The molecule has 0 atom stereocenters. The van der Waals surface area contributed by atoms with Gasteiger partial charge in [0.15, 0.2) is 5.82 Å². The summed E-state index contributed by atoms with van der Waals surface area (Å²) < 4.78 is 2.13. The van der Waals surface area contributed by atoms with Crippen LogP contribution in [-0.2, 0) is 0 Å². The highest BCUT2D eigenvalue weighted by Gasteiger charge is 2.07.